The molecule has 3 rings (SSSR count). The second-order valence-corrected chi connectivity index (χ2v) is 11.1. The first-order valence-electron chi connectivity index (χ1n) is 8.27. The molecule has 8 nitrogen and oxygen atoms in total. The number of benzene rings is 2. The number of carbonyl (C=O) groups excluding carboxylic acids is 1. The highest BCUT2D eigenvalue weighted by atomic mass is 35.5. The molecule has 1 aliphatic heterocycles. The van der Waals surface area contributed by atoms with Crippen molar-refractivity contribution in [2.24, 2.45) is 0 Å². The molecule has 2 aromatic carbocycles. The van der Waals surface area contributed by atoms with Crippen molar-refractivity contribution < 1.29 is 31.8 Å². The summed E-state index contributed by atoms with van der Waals surface area (Å²) in [5, 5.41) is 10.8. The van der Waals surface area contributed by atoms with Gasteiger partial charge in [0.2, 0.25) is 10.0 Å². The van der Waals surface area contributed by atoms with Crippen LogP contribution in [0.1, 0.15) is 10.4 Å². The second kappa shape index (κ2) is 8.09. The normalized spacial score (nSPS) is 22.1. The van der Waals surface area contributed by atoms with Gasteiger partial charge in [-0.1, -0.05) is 17.7 Å². The number of anilines is 2. The number of nitrogens with one attached hydrogen (secondary N) is 2. The van der Waals surface area contributed by atoms with Crippen LogP contribution in [0.25, 0.3) is 0 Å². The summed E-state index contributed by atoms with van der Waals surface area (Å²) in [5.41, 5.74) is 0.430. The zero-order valence-electron chi connectivity index (χ0n) is 14.7. The molecule has 0 aliphatic carbocycles. The molecule has 1 aliphatic rings. The Morgan fingerprint density at radius 3 is 2.48 bits per heavy atom. The Morgan fingerprint density at radius 2 is 1.86 bits per heavy atom. The van der Waals surface area contributed by atoms with Crippen LogP contribution in [0.2, 0.25) is 5.02 Å². The van der Waals surface area contributed by atoms with Crippen LogP contribution < -0.4 is 10.0 Å². The summed E-state index contributed by atoms with van der Waals surface area (Å²) in [6, 6.07) is 9.23. The molecule has 1 heterocycles. The maximum Gasteiger partial charge on any atom is 0.255 e. The van der Waals surface area contributed by atoms with E-state index in [4.69, 9.17) is 11.6 Å². The molecular weight excluding hydrogens is 447 g/mol. The van der Waals surface area contributed by atoms with Crippen LogP contribution in [-0.2, 0) is 10.0 Å². The van der Waals surface area contributed by atoms with Gasteiger partial charge in [0.05, 0.1) is 22.6 Å². The molecule has 12 heteroatoms. The van der Waals surface area contributed by atoms with Crippen LogP contribution in [0, 0.1) is 5.82 Å². The highest BCUT2D eigenvalue weighted by Crippen LogP contribution is 2.47. The maximum atomic E-state index is 13.2. The van der Waals surface area contributed by atoms with E-state index in [-0.39, 0.29) is 22.0 Å². The molecule has 0 radical (unpaired) electrons. The van der Waals surface area contributed by atoms with Crippen molar-refractivity contribution in [2.75, 3.05) is 21.5 Å². The monoisotopic (exact) mass is 464 g/mol. The quantitative estimate of drug-likeness (QED) is 0.461. The number of hydrogen-bond donors (Lipinski definition) is 5. The molecular formula is C17H18ClFN2O6S2. The predicted octanol–water partition coefficient (Wildman–Crippen LogP) is 2.97. The molecule has 158 valence electrons. The number of rotatable bonds is 5. The number of hydrogen-bond acceptors (Lipinski definition) is 6. The fourth-order valence-electron chi connectivity index (χ4n) is 2.86. The van der Waals surface area contributed by atoms with Gasteiger partial charge < -0.3 is 10.4 Å². The molecule has 2 atom stereocenters. The first kappa shape index (κ1) is 21.8. The van der Waals surface area contributed by atoms with Gasteiger partial charge in [-0.15, -0.1) is 0 Å². The van der Waals surface area contributed by atoms with Crippen molar-refractivity contribution in [3.05, 3.63) is 58.9 Å². The van der Waals surface area contributed by atoms with Crippen LogP contribution in [-0.4, -0.2) is 51.4 Å². The minimum atomic E-state index is -4.14. The average molecular weight is 465 g/mol. The Labute approximate surface area is 173 Å². The Morgan fingerprint density at radius 1 is 1.14 bits per heavy atom. The predicted molar refractivity (Wildman–Crippen MR) is 111 cm³/mol. The summed E-state index contributed by atoms with van der Waals surface area (Å²) in [5.74, 6) is -2.08. The third kappa shape index (κ3) is 5.18. The molecule has 1 saturated heterocycles. The van der Waals surface area contributed by atoms with Gasteiger partial charge in [0, 0.05) is 16.9 Å². The molecule has 29 heavy (non-hydrogen) atoms. The van der Waals surface area contributed by atoms with E-state index < -0.39 is 55.2 Å². The van der Waals surface area contributed by atoms with Crippen molar-refractivity contribution >= 4 is 49.5 Å². The lowest BCUT2D eigenvalue weighted by molar-refractivity contribution is 0.102. The van der Waals surface area contributed by atoms with Crippen LogP contribution in [0.5, 0.6) is 0 Å². The maximum absolute atomic E-state index is 13.2. The van der Waals surface area contributed by atoms with Gasteiger partial charge in [0.1, 0.15) is 11.1 Å². The van der Waals surface area contributed by atoms with Crippen molar-refractivity contribution in [3.8, 4) is 0 Å². The lowest BCUT2D eigenvalue weighted by Gasteiger charge is -2.25. The summed E-state index contributed by atoms with van der Waals surface area (Å²) >= 11 is 5.68. The van der Waals surface area contributed by atoms with Gasteiger partial charge in [0.25, 0.3) is 5.91 Å². The van der Waals surface area contributed by atoms with Gasteiger partial charge in [-0.2, -0.15) is 10.6 Å². The topological polar surface area (TPSA) is 136 Å². The van der Waals surface area contributed by atoms with E-state index in [0.717, 1.165) is 6.07 Å². The summed E-state index contributed by atoms with van der Waals surface area (Å²) in [4.78, 5) is 12.4. The molecule has 0 bridgehead atoms. The minimum Gasteiger partial charge on any atom is -0.390 e. The summed E-state index contributed by atoms with van der Waals surface area (Å²) in [6.45, 7) is 0. The van der Waals surface area contributed by atoms with Gasteiger partial charge in [-0.25, -0.2) is 12.8 Å². The van der Waals surface area contributed by atoms with Crippen LogP contribution >= 0.6 is 22.2 Å². The molecule has 5 N–H and O–H groups in total. The highest BCUT2D eigenvalue weighted by molar-refractivity contribution is 8.25. The first-order chi connectivity index (χ1) is 13.5. The SMILES string of the molecule is O=C(Nc1ccc(F)c(Cl)c1)c1cccc(NS(=O)(=O)C2CS(O)(O)CC2O)c1. The molecule has 0 spiro atoms. The Bertz CT molecular complexity index is 1050. The standard InChI is InChI=1S/C17H18ClFN2O6S2/c18-13-7-11(4-5-14(13)19)20-17(23)10-2-1-3-12(6-10)21-29(26,27)16-9-28(24,25)8-15(16)22/h1-7,15-16,21-22,24-25H,8-9H2,(H,20,23). The Balaban J connectivity index is 1.75. The lowest BCUT2D eigenvalue weighted by atomic mass is 10.2. The summed E-state index contributed by atoms with van der Waals surface area (Å²) in [7, 11) is -7.29. The number of sulfonamides is 1. The van der Waals surface area contributed by atoms with E-state index in [9.17, 15) is 31.8 Å². The van der Waals surface area contributed by atoms with E-state index in [1.165, 1.54) is 36.4 Å². The second-order valence-electron chi connectivity index (χ2n) is 6.55. The summed E-state index contributed by atoms with van der Waals surface area (Å²) < 4.78 is 59.8. The van der Waals surface area contributed by atoms with Crippen molar-refractivity contribution in [1.29, 1.82) is 0 Å². The Kier molecular flexibility index (Phi) is 6.08. The summed E-state index contributed by atoms with van der Waals surface area (Å²) in [6.07, 6.45) is -1.41. The molecule has 1 fully saturated rings. The smallest absolute Gasteiger partial charge is 0.255 e. The van der Waals surface area contributed by atoms with E-state index in [0.29, 0.717) is 0 Å². The number of aliphatic hydroxyl groups is 1. The first-order valence-corrected chi connectivity index (χ1v) is 12.1. The average Bonchev–Trinajstić information content (AvgIpc) is 2.91. The largest absolute Gasteiger partial charge is 0.390 e. The number of aliphatic hydroxyl groups excluding tert-OH is 1. The molecule has 0 saturated carbocycles. The highest BCUT2D eigenvalue weighted by Gasteiger charge is 2.44. The third-order valence-corrected chi connectivity index (χ3v) is 8.33. The van der Waals surface area contributed by atoms with Gasteiger partial charge in [-0.05, 0) is 36.4 Å². The number of amides is 1. The minimum absolute atomic E-state index is 0.0605. The van der Waals surface area contributed by atoms with Crippen LogP contribution in [0.4, 0.5) is 15.8 Å². The molecule has 2 aromatic rings. The third-order valence-electron chi connectivity index (χ3n) is 4.26. The van der Waals surface area contributed by atoms with E-state index >= 15 is 0 Å². The number of carbonyl (C=O) groups is 1. The van der Waals surface area contributed by atoms with E-state index in [1.54, 1.807) is 0 Å². The molecule has 2 unspecified atom stereocenters. The van der Waals surface area contributed by atoms with Gasteiger partial charge in [-0.3, -0.25) is 18.6 Å². The zero-order valence-corrected chi connectivity index (χ0v) is 17.1. The van der Waals surface area contributed by atoms with Gasteiger partial charge in [0.15, 0.2) is 0 Å². The van der Waals surface area contributed by atoms with Crippen LogP contribution in [0.3, 0.4) is 0 Å². The van der Waals surface area contributed by atoms with Crippen molar-refractivity contribution in [2.45, 2.75) is 11.4 Å². The van der Waals surface area contributed by atoms with Crippen molar-refractivity contribution in [3.63, 3.8) is 0 Å². The van der Waals surface area contributed by atoms with E-state index in [1.807, 2.05) is 0 Å². The van der Waals surface area contributed by atoms with E-state index in [2.05, 4.69) is 10.0 Å². The Hall–Kier alpha value is -1.89. The fraction of sp³-hybridized carbons (Fsp3) is 0.235. The fourth-order valence-corrected chi connectivity index (χ4v) is 7.31. The van der Waals surface area contributed by atoms with Gasteiger partial charge >= 0.3 is 0 Å². The molecule has 1 amide bonds. The zero-order chi connectivity index (χ0) is 21.4. The molecule has 0 aromatic heterocycles. The number of halogens is 2. The van der Waals surface area contributed by atoms with Crippen molar-refractivity contribution in [1.82, 2.24) is 0 Å². The van der Waals surface area contributed by atoms with Crippen LogP contribution in [0.15, 0.2) is 42.5 Å². The lowest BCUT2D eigenvalue weighted by Crippen LogP contribution is -2.36.